The van der Waals surface area contributed by atoms with E-state index in [-0.39, 0.29) is 12.7 Å². The zero-order valence-electron chi connectivity index (χ0n) is 11.8. The second-order valence-corrected chi connectivity index (χ2v) is 4.91. The van der Waals surface area contributed by atoms with Crippen LogP contribution in [-0.4, -0.2) is 24.8 Å². The third-order valence-electron chi connectivity index (χ3n) is 3.62. The fraction of sp³-hybridized carbons (Fsp3) is 0.200. The van der Waals surface area contributed by atoms with Crippen LogP contribution in [0.25, 0.3) is 0 Å². The first-order valence-corrected chi connectivity index (χ1v) is 6.76. The molecule has 1 amide bonds. The Morgan fingerprint density at radius 3 is 3.09 bits per heavy atom. The molecule has 3 heterocycles. The number of rotatable bonds is 2. The van der Waals surface area contributed by atoms with Gasteiger partial charge in [-0.15, -0.1) is 0 Å². The van der Waals surface area contributed by atoms with Crippen LogP contribution < -0.4 is 24.8 Å². The highest BCUT2D eigenvalue weighted by Gasteiger charge is 2.28. The second kappa shape index (κ2) is 4.80. The minimum Gasteiger partial charge on any atom is -0.493 e. The summed E-state index contributed by atoms with van der Waals surface area (Å²) in [7, 11) is 1.56. The molecule has 22 heavy (non-hydrogen) atoms. The molecule has 0 fully saturated rings. The normalized spacial score (nSPS) is 18.2. The average Bonchev–Trinajstić information content (AvgIpc) is 3.02. The number of benzene rings is 1. The summed E-state index contributed by atoms with van der Waals surface area (Å²) in [6.07, 6.45) is 1.22. The highest BCUT2D eigenvalue weighted by atomic mass is 16.7. The van der Waals surface area contributed by atoms with Crippen LogP contribution in [0.15, 0.2) is 30.5 Å². The maximum absolute atomic E-state index is 12.2. The van der Waals surface area contributed by atoms with E-state index in [0.29, 0.717) is 28.6 Å². The first kappa shape index (κ1) is 12.8. The van der Waals surface area contributed by atoms with Crippen molar-refractivity contribution in [2.45, 2.75) is 6.17 Å². The summed E-state index contributed by atoms with van der Waals surface area (Å²) in [6, 6.07) is 7.07. The minimum atomic E-state index is -0.418. The van der Waals surface area contributed by atoms with Gasteiger partial charge in [0.15, 0.2) is 11.5 Å². The van der Waals surface area contributed by atoms with Crippen LogP contribution in [0.3, 0.4) is 0 Å². The first-order chi connectivity index (χ1) is 10.8. The van der Waals surface area contributed by atoms with E-state index in [1.807, 2.05) is 6.07 Å². The molecule has 2 aliphatic rings. The number of carbonyl (C=O) groups is 1. The lowest BCUT2D eigenvalue weighted by Gasteiger charge is -2.27. The van der Waals surface area contributed by atoms with Crippen LogP contribution in [0.1, 0.15) is 22.1 Å². The monoisotopic (exact) mass is 299 g/mol. The van der Waals surface area contributed by atoms with Gasteiger partial charge in [0.1, 0.15) is 12.0 Å². The molecule has 2 aliphatic heterocycles. The molecule has 1 atom stereocenters. The Morgan fingerprint density at radius 2 is 2.23 bits per heavy atom. The zero-order valence-corrected chi connectivity index (χ0v) is 11.8. The van der Waals surface area contributed by atoms with E-state index in [1.54, 1.807) is 31.5 Å². The van der Waals surface area contributed by atoms with Crippen molar-refractivity contribution >= 4 is 11.7 Å². The summed E-state index contributed by atoms with van der Waals surface area (Å²) in [5.74, 6) is 2.10. The van der Waals surface area contributed by atoms with Gasteiger partial charge in [0.2, 0.25) is 12.5 Å². The maximum Gasteiger partial charge on any atom is 0.256 e. The average molecular weight is 299 g/mol. The SMILES string of the molecule is COc1cc([C@H]2NC(=O)c3cccnc3N2)cc2c1OCO2. The molecule has 7 nitrogen and oxygen atoms in total. The summed E-state index contributed by atoms with van der Waals surface area (Å²) >= 11 is 0. The Morgan fingerprint density at radius 1 is 1.32 bits per heavy atom. The number of amides is 1. The van der Waals surface area contributed by atoms with Crippen molar-refractivity contribution in [2.75, 3.05) is 19.2 Å². The molecule has 2 aromatic rings. The highest BCUT2D eigenvalue weighted by molar-refractivity contribution is 6.00. The fourth-order valence-corrected chi connectivity index (χ4v) is 2.57. The quantitative estimate of drug-likeness (QED) is 0.878. The standard InChI is InChI=1S/C15H13N3O4/c1-20-10-5-8(6-11-12(10)22-7-21-11)13-17-14-9(15(19)18-13)3-2-4-16-14/h2-6,13H,7H2,1H3,(H,16,17)(H,18,19)/t13-/m1/s1. The van der Waals surface area contributed by atoms with E-state index in [4.69, 9.17) is 14.2 Å². The van der Waals surface area contributed by atoms with Crippen LogP contribution in [0.5, 0.6) is 17.2 Å². The van der Waals surface area contributed by atoms with Crippen LogP contribution in [0.2, 0.25) is 0 Å². The molecule has 0 spiro atoms. The maximum atomic E-state index is 12.2. The van der Waals surface area contributed by atoms with Crippen LogP contribution in [0.4, 0.5) is 5.82 Å². The molecular formula is C15H13N3O4. The van der Waals surface area contributed by atoms with Gasteiger partial charge in [0, 0.05) is 11.8 Å². The summed E-state index contributed by atoms with van der Waals surface area (Å²) in [4.78, 5) is 16.4. The van der Waals surface area contributed by atoms with Gasteiger partial charge in [-0.25, -0.2) is 4.98 Å². The van der Waals surface area contributed by atoms with E-state index >= 15 is 0 Å². The van der Waals surface area contributed by atoms with Crippen molar-refractivity contribution in [1.82, 2.24) is 10.3 Å². The number of nitrogens with zero attached hydrogens (tertiary/aromatic N) is 1. The Labute approximate surface area is 126 Å². The van der Waals surface area contributed by atoms with Gasteiger partial charge in [-0.3, -0.25) is 4.79 Å². The number of ether oxygens (including phenoxy) is 3. The Balaban J connectivity index is 1.73. The molecule has 0 unspecified atom stereocenters. The number of hydrogen-bond acceptors (Lipinski definition) is 6. The van der Waals surface area contributed by atoms with Crippen LogP contribution in [0, 0.1) is 0 Å². The van der Waals surface area contributed by atoms with E-state index < -0.39 is 6.17 Å². The third kappa shape index (κ3) is 1.90. The van der Waals surface area contributed by atoms with Crippen molar-refractivity contribution in [3.05, 3.63) is 41.6 Å². The van der Waals surface area contributed by atoms with Gasteiger partial charge in [0.25, 0.3) is 5.91 Å². The van der Waals surface area contributed by atoms with Crippen molar-refractivity contribution in [2.24, 2.45) is 0 Å². The van der Waals surface area contributed by atoms with Crippen molar-refractivity contribution < 1.29 is 19.0 Å². The summed E-state index contributed by atoms with van der Waals surface area (Å²) in [5.41, 5.74) is 1.32. The Kier molecular flexibility index (Phi) is 2.78. The fourth-order valence-electron chi connectivity index (χ4n) is 2.57. The van der Waals surface area contributed by atoms with Crippen molar-refractivity contribution in [3.63, 3.8) is 0 Å². The van der Waals surface area contributed by atoms with Gasteiger partial charge >= 0.3 is 0 Å². The zero-order chi connectivity index (χ0) is 15.1. The predicted octanol–water partition coefficient (Wildman–Crippen LogP) is 1.67. The van der Waals surface area contributed by atoms with E-state index in [9.17, 15) is 4.79 Å². The van der Waals surface area contributed by atoms with Crippen molar-refractivity contribution in [3.8, 4) is 17.2 Å². The predicted molar refractivity (Wildman–Crippen MR) is 77.2 cm³/mol. The second-order valence-electron chi connectivity index (χ2n) is 4.91. The third-order valence-corrected chi connectivity index (χ3v) is 3.62. The number of carbonyl (C=O) groups excluding carboxylic acids is 1. The summed E-state index contributed by atoms with van der Waals surface area (Å²) < 4.78 is 16.1. The lowest BCUT2D eigenvalue weighted by molar-refractivity contribution is 0.0935. The van der Waals surface area contributed by atoms with E-state index in [0.717, 1.165) is 5.56 Å². The minimum absolute atomic E-state index is 0.157. The molecule has 0 bridgehead atoms. The highest BCUT2D eigenvalue weighted by Crippen LogP contribution is 2.43. The van der Waals surface area contributed by atoms with Gasteiger partial charge in [-0.2, -0.15) is 0 Å². The topological polar surface area (TPSA) is 81.7 Å². The molecule has 0 radical (unpaired) electrons. The van der Waals surface area contributed by atoms with E-state index in [2.05, 4.69) is 15.6 Å². The summed E-state index contributed by atoms with van der Waals surface area (Å²) in [6.45, 7) is 0.157. The smallest absolute Gasteiger partial charge is 0.256 e. The molecular weight excluding hydrogens is 286 g/mol. The van der Waals surface area contributed by atoms with Gasteiger partial charge in [-0.1, -0.05) is 0 Å². The molecule has 4 rings (SSSR count). The Bertz CT molecular complexity index is 762. The van der Waals surface area contributed by atoms with Gasteiger partial charge < -0.3 is 24.8 Å². The molecule has 0 aliphatic carbocycles. The largest absolute Gasteiger partial charge is 0.493 e. The number of hydrogen-bond donors (Lipinski definition) is 2. The number of aromatic nitrogens is 1. The molecule has 112 valence electrons. The first-order valence-electron chi connectivity index (χ1n) is 6.76. The van der Waals surface area contributed by atoms with Gasteiger partial charge in [0.05, 0.1) is 12.7 Å². The van der Waals surface area contributed by atoms with Crippen molar-refractivity contribution in [1.29, 1.82) is 0 Å². The number of methoxy groups -OCH3 is 1. The van der Waals surface area contributed by atoms with Crippen LogP contribution in [-0.2, 0) is 0 Å². The number of pyridine rings is 1. The number of anilines is 1. The number of fused-ring (bicyclic) bond motifs is 2. The van der Waals surface area contributed by atoms with E-state index in [1.165, 1.54) is 0 Å². The number of nitrogens with one attached hydrogen (secondary N) is 2. The molecule has 0 saturated heterocycles. The molecule has 7 heteroatoms. The lowest BCUT2D eigenvalue weighted by atomic mass is 10.1. The van der Waals surface area contributed by atoms with Crippen LogP contribution >= 0.6 is 0 Å². The summed E-state index contributed by atoms with van der Waals surface area (Å²) in [5, 5.41) is 6.08. The molecule has 0 saturated carbocycles. The molecule has 1 aromatic heterocycles. The lowest BCUT2D eigenvalue weighted by Crippen LogP contribution is -2.38. The van der Waals surface area contributed by atoms with Gasteiger partial charge in [-0.05, 0) is 24.3 Å². The molecule has 1 aromatic carbocycles. The Hall–Kier alpha value is -2.96. The molecule has 2 N–H and O–H groups in total.